The van der Waals surface area contributed by atoms with Crippen LogP contribution in [0.15, 0.2) is 30.3 Å². The van der Waals surface area contributed by atoms with Crippen LogP contribution in [0.5, 0.6) is 0 Å². The Morgan fingerprint density at radius 1 is 0.796 bits per heavy atom. The number of ketones is 1. The summed E-state index contributed by atoms with van der Waals surface area (Å²) in [6, 6.07) is 1.45. The third-order valence-electron chi connectivity index (χ3n) is 8.82. The summed E-state index contributed by atoms with van der Waals surface area (Å²) in [6.07, 6.45) is 3.79. The topological polar surface area (TPSA) is 266 Å². The number of aliphatic hydroxyl groups is 1. The largest absolute Gasteiger partial charge is 0.479 e. The Morgan fingerprint density at radius 2 is 1.39 bits per heavy atom. The van der Waals surface area contributed by atoms with Crippen molar-refractivity contribution in [2.75, 3.05) is 12.8 Å². The molecule has 1 fully saturated rings. The van der Waals surface area contributed by atoms with Crippen molar-refractivity contribution in [1.82, 2.24) is 31.3 Å². The first-order valence-corrected chi connectivity index (χ1v) is 20.2. The minimum atomic E-state index is -3.87. The van der Waals surface area contributed by atoms with Crippen molar-refractivity contribution in [3.05, 3.63) is 35.9 Å². The van der Waals surface area contributed by atoms with Crippen LogP contribution in [0.2, 0.25) is 0 Å². The molecule has 0 aromatic heterocycles. The minimum absolute atomic E-state index is 0.0421. The highest BCUT2D eigenvalue weighted by Gasteiger charge is 2.37. The van der Waals surface area contributed by atoms with Crippen LogP contribution in [0.1, 0.15) is 97.1 Å². The number of carboxylic acids is 1. The van der Waals surface area contributed by atoms with Gasteiger partial charge in [-0.3, -0.25) is 28.8 Å². The molecule has 2 rings (SSSR count). The third kappa shape index (κ3) is 15.9. The summed E-state index contributed by atoms with van der Waals surface area (Å²) < 4.78 is 26.2. The van der Waals surface area contributed by atoms with Crippen molar-refractivity contribution in [2.45, 2.75) is 122 Å². The lowest BCUT2D eigenvalue weighted by molar-refractivity contribution is -0.142. The molecule has 1 aromatic rings. The standard InChI is InChI=1S/C36H56N6O11S/c1-6-13-25(31(45)35(49)37-20-28(44)40-30(36(50)51)24-16-11-8-12-17-24)38-32(46)26(18-21(2)3)39-34(48)29(23-14-9-7-10-15-23)41-33(47)27(19-22(4)43)42-54(5,52)53/h8,11-12,16-17,21-23,25-27,29-30,42-43H,6-7,9-10,13-15,18-20H2,1-5H3,(H,37,49)(H,38,46)(H,39,48)(H,40,44)(H,41,47)(H,50,51)/t22?,25?,26-,27?,29-,30-/m0/s1. The van der Waals surface area contributed by atoms with Crippen LogP contribution in [-0.2, 0) is 43.6 Å². The summed E-state index contributed by atoms with van der Waals surface area (Å²) in [6.45, 7) is 6.02. The van der Waals surface area contributed by atoms with E-state index in [1.165, 1.54) is 19.1 Å². The van der Waals surface area contributed by atoms with Crippen LogP contribution in [0.3, 0.4) is 0 Å². The van der Waals surface area contributed by atoms with Gasteiger partial charge in [0.15, 0.2) is 6.04 Å². The molecule has 0 bridgehead atoms. The number of aliphatic hydroxyl groups excluding tert-OH is 1. The fourth-order valence-corrected chi connectivity index (χ4v) is 6.99. The number of rotatable bonds is 22. The smallest absolute Gasteiger partial charge is 0.330 e. The van der Waals surface area contributed by atoms with Crippen LogP contribution in [-0.4, -0.2) is 103 Å². The number of hydrogen-bond acceptors (Lipinski definition) is 10. The van der Waals surface area contributed by atoms with E-state index in [9.17, 15) is 52.2 Å². The Labute approximate surface area is 316 Å². The van der Waals surface area contributed by atoms with Crippen LogP contribution in [0.25, 0.3) is 0 Å². The number of Topliss-reactive ketones (excluding diaryl/α,β-unsaturated/α-hetero) is 1. The van der Waals surface area contributed by atoms with E-state index in [-0.39, 0.29) is 31.1 Å². The van der Waals surface area contributed by atoms with Gasteiger partial charge in [0.25, 0.3) is 5.91 Å². The molecule has 0 heterocycles. The van der Waals surface area contributed by atoms with Gasteiger partial charge < -0.3 is 36.8 Å². The van der Waals surface area contributed by atoms with E-state index in [4.69, 9.17) is 0 Å². The lowest BCUT2D eigenvalue weighted by atomic mass is 9.83. The summed E-state index contributed by atoms with van der Waals surface area (Å²) >= 11 is 0. The van der Waals surface area contributed by atoms with Gasteiger partial charge in [-0.15, -0.1) is 0 Å². The average Bonchev–Trinajstić information content (AvgIpc) is 3.10. The molecule has 1 aliphatic carbocycles. The average molecular weight is 781 g/mol. The molecule has 1 saturated carbocycles. The molecule has 5 amide bonds. The van der Waals surface area contributed by atoms with E-state index < -0.39 is 94.2 Å². The second-order valence-electron chi connectivity index (χ2n) is 14.2. The van der Waals surface area contributed by atoms with E-state index in [0.717, 1.165) is 25.5 Å². The van der Waals surface area contributed by atoms with Gasteiger partial charge in [0.1, 0.15) is 18.1 Å². The quantitative estimate of drug-likeness (QED) is 0.0736. The molecule has 1 aromatic carbocycles. The van der Waals surface area contributed by atoms with Crippen LogP contribution in [0, 0.1) is 11.8 Å². The van der Waals surface area contributed by atoms with Gasteiger partial charge in [0.2, 0.25) is 39.4 Å². The maximum absolute atomic E-state index is 13.9. The predicted octanol–water partition coefficient (Wildman–Crippen LogP) is 0.183. The zero-order valence-corrected chi connectivity index (χ0v) is 32.4. The van der Waals surface area contributed by atoms with E-state index >= 15 is 0 Å². The second kappa shape index (κ2) is 22.1. The molecular weight excluding hydrogens is 724 g/mol. The molecule has 0 spiro atoms. The Morgan fingerprint density at radius 3 is 1.93 bits per heavy atom. The van der Waals surface area contributed by atoms with Crippen molar-refractivity contribution >= 4 is 51.3 Å². The van der Waals surface area contributed by atoms with Gasteiger partial charge in [-0.2, -0.15) is 0 Å². The number of carbonyl (C=O) groups excluding carboxylic acids is 6. The third-order valence-corrected chi connectivity index (χ3v) is 9.53. The van der Waals surface area contributed by atoms with Gasteiger partial charge in [-0.05, 0) is 56.4 Å². The van der Waals surface area contributed by atoms with Crippen molar-refractivity contribution in [2.24, 2.45) is 11.8 Å². The van der Waals surface area contributed by atoms with E-state index in [2.05, 4.69) is 31.3 Å². The highest BCUT2D eigenvalue weighted by Crippen LogP contribution is 2.27. The number of sulfonamides is 1. The van der Waals surface area contributed by atoms with Gasteiger partial charge in [0.05, 0.1) is 24.9 Å². The second-order valence-corrected chi connectivity index (χ2v) is 16.0. The predicted molar refractivity (Wildman–Crippen MR) is 198 cm³/mol. The lowest BCUT2D eigenvalue weighted by Gasteiger charge is -2.33. The lowest BCUT2D eigenvalue weighted by Crippen LogP contribution is -2.60. The molecule has 18 heteroatoms. The SMILES string of the molecule is CCCC(NC(=O)[C@H](CC(C)C)NC(=O)[C@@H](NC(=O)C(CC(C)O)NS(C)(=O)=O)C1CCCCC1)C(=O)C(=O)NCC(=O)N[C@H](C(=O)O)c1ccccc1. The van der Waals surface area contributed by atoms with Crippen molar-refractivity contribution < 1.29 is 52.2 Å². The molecule has 17 nitrogen and oxygen atoms in total. The zero-order chi connectivity index (χ0) is 40.6. The Hall–Kier alpha value is -4.42. The molecule has 302 valence electrons. The summed E-state index contributed by atoms with van der Waals surface area (Å²) in [7, 11) is -3.87. The molecule has 8 N–H and O–H groups in total. The maximum Gasteiger partial charge on any atom is 0.330 e. The fourth-order valence-electron chi connectivity index (χ4n) is 6.27. The fraction of sp³-hybridized carbons (Fsp3) is 0.639. The van der Waals surface area contributed by atoms with E-state index in [1.807, 2.05) is 13.8 Å². The first-order chi connectivity index (χ1) is 25.3. The highest BCUT2D eigenvalue weighted by molar-refractivity contribution is 7.88. The first-order valence-electron chi connectivity index (χ1n) is 18.3. The van der Waals surface area contributed by atoms with Crippen molar-refractivity contribution in [3.63, 3.8) is 0 Å². The number of benzene rings is 1. The summed E-state index contributed by atoms with van der Waals surface area (Å²) in [5.74, 6) is -7.17. The summed E-state index contributed by atoms with van der Waals surface area (Å²) in [5, 5.41) is 31.9. The molecule has 0 radical (unpaired) electrons. The van der Waals surface area contributed by atoms with Crippen LogP contribution < -0.4 is 31.3 Å². The van der Waals surface area contributed by atoms with E-state index in [1.54, 1.807) is 25.1 Å². The number of carboxylic acid groups (broad SMARTS) is 1. The van der Waals surface area contributed by atoms with Crippen LogP contribution >= 0.6 is 0 Å². The summed E-state index contributed by atoms with van der Waals surface area (Å²) in [4.78, 5) is 91.3. The van der Waals surface area contributed by atoms with E-state index in [0.29, 0.717) is 24.8 Å². The minimum Gasteiger partial charge on any atom is -0.479 e. The number of aliphatic carboxylic acids is 1. The number of carbonyl (C=O) groups is 7. The molecule has 0 aliphatic heterocycles. The molecular formula is C36H56N6O11S. The number of amides is 5. The van der Waals surface area contributed by atoms with Crippen molar-refractivity contribution in [3.8, 4) is 0 Å². The first kappa shape index (κ1) is 45.7. The molecule has 6 atom stereocenters. The number of hydrogen-bond donors (Lipinski definition) is 8. The Balaban J connectivity index is 2.20. The highest BCUT2D eigenvalue weighted by atomic mass is 32.2. The Bertz CT molecular complexity index is 1570. The molecule has 3 unspecified atom stereocenters. The van der Waals surface area contributed by atoms with Crippen LogP contribution in [0.4, 0.5) is 0 Å². The summed E-state index contributed by atoms with van der Waals surface area (Å²) in [5.41, 5.74) is 0.298. The zero-order valence-electron chi connectivity index (χ0n) is 31.6. The molecule has 54 heavy (non-hydrogen) atoms. The molecule has 0 saturated heterocycles. The van der Waals surface area contributed by atoms with Gasteiger partial charge in [0, 0.05) is 0 Å². The van der Waals surface area contributed by atoms with Gasteiger partial charge in [-0.1, -0.05) is 76.8 Å². The number of nitrogens with one attached hydrogen (secondary N) is 6. The monoisotopic (exact) mass is 780 g/mol. The van der Waals surface area contributed by atoms with Gasteiger partial charge >= 0.3 is 5.97 Å². The van der Waals surface area contributed by atoms with Gasteiger partial charge in [-0.25, -0.2) is 17.9 Å². The maximum atomic E-state index is 13.9. The Kier molecular flexibility index (Phi) is 18.7. The van der Waals surface area contributed by atoms with Crippen molar-refractivity contribution in [1.29, 1.82) is 0 Å². The normalized spacial score (nSPS) is 16.8. The molecule has 1 aliphatic rings.